The molecule has 1 saturated heterocycles. The molecule has 1 unspecified atom stereocenters. The van der Waals surface area contributed by atoms with Gasteiger partial charge in [0, 0.05) is 30.1 Å². The highest BCUT2D eigenvalue weighted by Crippen LogP contribution is 2.27. The van der Waals surface area contributed by atoms with Gasteiger partial charge in [-0.25, -0.2) is 4.39 Å². The molecular formula is C23H28FN5O3. The van der Waals surface area contributed by atoms with Crippen LogP contribution in [0, 0.1) is 11.7 Å². The van der Waals surface area contributed by atoms with E-state index in [9.17, 15) is 9.18 Å². The van der Waals surface area contributed by atoms with E-state index in [-0.39, 0.29) is 29.8 Å². The Morgan fingerprint density at radius 3 is 2.78 bits per heavy atom. The Kier molecular flexibility index (Phi) is 8.27. The predicted octanol–water partition coefficient (Wildman–Crippen LogP) is 3.92. The van der Waals surface area contributed by atoms with E-state index in [0.717, 1.165) is 30.5 Å². The Balaban J connectivity index is 0.000000913. The maximum absolute atomic E-state index is 14.8. The van der Waals surface area contributed by atoms with E-state index in [1.54, 1.807) is 6.20 Å². The van der Waals surface area contributed by atoms with E-state index in [0.29, 0.717) is 12.0 Å². The van der Waals surface area contributed by atoms with E-state index < -0.39 is 5.82 Å². The standard InChI is InChI=1S/C22H26FN5O.CH2O2/c1-15(14-28-9-5-2-6-10-28)11-19(29)25-22-20(23)21(26-27-22)17-12-16-7-3-4-8-18(16)24-13-17;2-1-3/h3-4,7-8,12-13,15H,2,5-6,9-11,14H2,1H3,(H2,25,26,27,29);1H,(H,2,3). The molecule has 3 aromatic rings. The minimum atomic E-state index is -0.570. The van der Waals surface area contributed by atoms with Gasteiger partial charge >= 0.3 is 0 Å². The van der Waals surface area contributed by atoms with Crippen molar-refractivity contribution in [3.8, 4) is 11.3 Å². The van der Waals surface area contributed by atoms with Gasteiger partial charge in [-0.2, -0.15) is 5.10 Å². The lowest BCUT2D eigenvalue weighted by atomic mass is 10.0. The number of carbonyl (C=O) groups excluding carboxylic acids is 1. The summed E-state index contributed by atoms with van der Waals surface area (Å²) < 4.78 is 14.8. The molecule has 4 rings (SSSR count). The average Bonchev–Trinajstić information content (AvgIpc) is 3.14. The van der Waals surface area contributed by atoms with Gasteiger partial charge < -0.3 is 15.3 Å². The molecule has 170 valence electrons. The van der Waals surface area contributed by atoms with Gasteiger partial charge in [-0.3, -0.25) is 19.7 Å². The number of piperidine rings is 1. The first kappa shape index (κ1) is 23.3. The lowest BCUT2D eigenvalue weighted by Crippen LogP contribution is -2.34. The number of hydrogen-bond acceptors (Lipinski definition) is 5. The number of halogens is 1. The highest BCUT2D eigenvalue weighted by Gasteiger charge is 2.20. The molecule has 1 amide bonds. The minimum absolute atomic E-state index is 0.0664. The number of nitrogens with one attached hydrogen (secondary N) is 2. The smallest absolute Gasteiger partial charge is 0.290 e. The van der Waals surface area contributed by atoms with Crippen LogP contribution in [0.3, 0.4) is 0 Å². The molecule has 1 atom stereocenters. The number of carboxylic acid groups (broad SMARTS) is 1. The average molecular weight is 442 g/mol. The summed E-state index contributed by atoms with van der Waals surface area (Å²) in [5, 5.41) is 17.1. The normalized spacial score (nSPS) is 14.9. The molecule has 1 aliphatic heterocycles. The summed E-state index contributed by atoms with van der Waals surface area (Å²) in [5.41, 5.74) is 1.65. The van der Waals surface area contributed by atoms with Crippen molar-refractivity contribution < 1.29 is 19.1 Å². The maximum atomic E-state index is 14.8. The van der Waals surface area contributed by atoms with Gasteiger partial charge in [0.15, 0.2) is 11.6 Å². The molecule has 0 spiro atoms. The van der Waals surface area contributed by atoms with Crippen LogP contribution in [-0.4, -0.2) is 57.2 Å². The van der Waals surface area contributed by atoms with E-state index in [2.05, 4.69) is 32.3 Å². The third-order valence-electron chi connectivity index (χ3n) is 5.40. The van der Waals surface area contributed by atoms with Crippen LogP contribution in [0.4, 0.5) is 10.2 Å². The fourth-order valence-corrected chi connectivity index (χ4v) is 3.96. The zero-order chi connectivity index (χ0) is 22.9. The fourth-order valence-electron chi connectivity index (χ4n) is 3.96. The second-order valence-corrected chi connectivity index (χ2v) is 8.00. The number of aromatic amines is 1. The second kappa shape index (κ2) is 11.3. The number of nitrogens with zero attached hydrogens (tertiary/aromatic N) is 3. The Morgan fingerprint density at radius 1 is 1.31 bits per heavy atom. The maximum Gasteiger partial charge on any atom is 0.290 e. The lowest BCUT2D eigenvalue weighted by Gasteiger charge is -2.28. The van der Waals surface area contributed by atoms with E-state index in [1.165, 1.54) is 19.3 Å². The Bertz CT molecular complexity index is 1050. The quantitative estimate of drug-likeness (QED) is 0.500. The first-order valence-electron chi connectivity index (χ1n) is 10.7. The number of amides is 1. The van der Waals surface area contributed by atoms with Crippen molar-refractivity contribution in [2.45, 2.75) is 32.6 Å². The van der Waals surface area contributed by atoms with Crippen LogP contribution in [0.2, 0.25) is 0 Å². The monoisotopic (exact) mass is 441 g/mol. The third kappa shape index (κ3) is 6.10. The molecule has 1 fully saturated rings. The predicted molar refractivity (Wildman–Crippen MR) is 121 cm³/mol. The number of anilines is 1. The van der Waals surface area contributed by atoms with Gasteiger partial charge in [0.1, 0.15) is 5.69 Å². The minimum Gasteiger partial charge on any atom is -0.483 e. The van der Waals surface area contributed by atoms with Crippen LogP contribution < -0.4 is 5.32 Å². The summed E-state index contributed by atoms with van der Waals surface area (Å²) in [6, 6.07) is 9.50. The molecule has 1 aromatic carbocycles. The second-order valence-electron chi connectivity index (χ2n) is 8.00. The molecular weight excluding hydrogens is 413 g/mol. The summed E-state index contributed by atoms with van der Waals surface area (Å²) in [7, 11) is 0. The van der Waals surface area contributed by atoms with Crippen molar-refractivity contribution in [1.29, 1.82) is 0 Å². The summed E-state index contributed by atoms with van der Waals surface area (Å²) >= 11 is 0. The van der Waals surface area contributed by atoms with Gasteiger partial charge in [0.25, 0.3) is 6.47 Å². The van der Waals surface area contributed by atoms with Crippen molar-refractivity contribution in [3.63, 3.8) is 0 Å². The first-order chi connectivity index (χ1) is 15.5. The Morgan fingerprint density at radius 2 is 2.03 bits per heavy atom. The summed E-state index contributed by atoms with van der Waals surface area (Å²) in [6.07, 6.45) is 5.69. The van der Waals surface area contributed by atoms with Crippen LogP contribution in [0.5, 0.6) is 0 Å². The molecule has 0 saturated carbocycles. The van der Waals surface area contributed by atoms with Gasteiger partial charge in [-0.15, -0.1) is 0 Å². The third-order valence-corrected chi connectivity index (χ3v) is 5.40. The summed E-state index contributed by atoms with van der Waals surface area (Å²) in [4.78, 5) is 27.5. The highest BCUT2D eigenvalue weighted by atomic mass is 19.1. The van der Waals surface area contributed by atoms with Crippen LogP contribution in [0.1, 0.15) is 32.6 Å². The number of aromatic nitrogens is 3. The Labute approximate surface area is 185 Å². The van der Waals surface area contributed by atoms with Crippen molar-refractivity contribution in [1.82, 2.24) is 20.1 Å². The number of hydrogen-bond donors (Lipinski definition) is 3. The number of pyridine rings is 1. The van der Waals surface area contributed by atoms with Crippen LogP contribution >= 0.6 is 0 Å². The van der Waals surface area contributed by atoms with E-state index in [4.69, 9.17) is 9.90 Å². The van der Waals surface area contributed by atoms with E-state index in [1.807, 2.05) is 30.3 Å². The van der Waals surface area contributed by atoms with E-state index >= 15 is 0 Å². The van der Waals surface area contributed by atoms with Crippen LogP contribution in [0.15, 0.2) is 36.5 Å². The van der Waals surface area contributed by atoms with Crippen molar-refractivity contribution in [2.75, 3.05) is 25.0 Å². The molecule has 32 heavy (non-hydrogen) atoms. The van der Waals surface area contributed by atoms with Crippen molar-refractivity contribution >= 4 is 29.1 Å². The summed E-state index contributed by atoms with van der Waals surface area (Å²) in [5.74, 6) is -0.648. The highest BCUT2D eigenvalue weighted by molar-refractivity contribution is 5.91. The largest absolute Gasteiger partial charge is 0.483 e. The van der Waals surface area contributed by atoms with Crippen molar-refractivity contribution in [2.24, 2.45) is 5.92 Å². The number of carbonyl (C=O) groups is 2. The van der Waals surface area contributed by atoms with Crippen LogP contribution in [-0.2, 0) is 9.59 Å². The van der Waals surface area contributed by atoms with Gasteiger partial charge in [-0.1, -0.05) is 31.5 Å². The number of likely N-dealkylation sites (tertiary alicyclic amines) is 1. The first-order valence-corrected chi connectivity index (χ1v) is 10.7. The number of para-hydroxylation sites is 1. The molecule has 0 bridgehead atoms. The molecule has 3 heterocycles. The zero-order valence-corrected chi connectivity index (χ0v) is 18.1. The van der Waals surface area contributed by atoms with Crippen LogP contribution in [0.25, 0.3) is 22.2 Å². The SMILES string of the molecule is CC(CC(=O)Nc1n[nH]c(-c2cnc3ccccc3c2)c1F)CN1CCCCC1.O=CO. The van der Waals surface area contributed by atoms with Crippen molar-refractivity contribution in [3.05, 3.63) is 42.3 Å². The number of benzene rings is 1. The topological polar surface area (TPSA) is 111 Å². The summed E-state index contributed by atoms with van der Waals surface area (Å²) in [6.45, 7) is 4.90. The zero-order valence-electron chi connectivity index (χ0n) is 18.1. The molecule has 0 radical (unpaired) electrons. The van der Waals surface area contributed by atoms with Gasteiger partial charge in [0.2, 0.25) is 5.91 Å². The fraction of sp³-hybridized carbons (Fsp3) is 0.391. The molecule has 0 aliphatic carbocycles. The lowest BCUT2D eigenvalue weighted by molar-refractivity contribution is -0.123. The van der Waals surface area contributed by atoms with Gasteiger partial charge in [-0.05, 0) is 44.0 Å². The number of rotatable bonds is 6. The molecule has 3 N–H and O–H groups in total. The molecule has 1 aliphatic rings. The number of fused-ring (bicyclic) bond motifs is 1. The molecule has 9 heteroatoms. The molecule has 8 nitrogen and oxygen atoms in total. The van der Waals surface area contributed by atoms with Gasteiger partial charge in [0.05, 0.1) is 5.52 Å². The number of H-pyrrole nitrogens is 1. The Hall–Kier alpha value is -3.33. The molecule has 2 aromatic heterocycles.